The Bertz CT molecular complexity index is 917. The Morgan fingerprint density at radius 3 is 2.10 bits per heavy atom. The van der Waals surface area contributed by atoms with Crippen LogP contribution in [0.25, 0.3) is 0 Å². The van der Waals surface area contributed by atoms with Gasteiger partial charge >= 0.3 is 0 Å². The highest BCUT2D eigenvalue weighted by Crippen LogP contribution is 2.30. The van der Waals surface area contributed by atoms with Gasteiger partial charge in [0.05, 0.1) is 20.3 Å². The molecule has 0 radical (unpaired) electrons. The largest absolute Gasteiger partial charge is 0.497 e. The highest BCUT2D eigenvalue weighted by atomic mass is 16.5. The summed E-state index contributed by atoms with van der Waals surface area (Å²) in [6, 6.07) is 14.6. The first-order valence-electron chi connectivity index (χ1n) is 9.85. The molecule has 1 unspecified atom stereocenters. The van der Waals surface area contributed by atoms with Crippen molar-refractivity contribution >= 4 is 0 Å². The molecule has 1 heterocycles. The van der Waals surface area contributed by atoms with E-state index < -0.39 is 0 Å². The Balaban J connectivity index is 1.89. The first kappa shape index (κ1) is 20.9. The molecule has 0 aliphatic heterocycles. The highest BCUT2D eigenvalue weighted by molar-refractivity contribution is 5.41. The molecule has 0 bridgehead atoms. The molecule has 29 heavy (non-hydrogen) atoms. The molecule has 0 amide bonds. The predicted octanol–water partition coefficient (Wildman–Crippen LogP) is 4.61. The highest BCUT2D eigenvalue weighted by Gasteiger charge is 2.20. The van der Waals surface area contributed by atoms with Crippen LogP contribution < -0.4 is 14.8 Å². The van der Waals surface area contributed by atoms with Gasteiger partial charge in [0.15, 0.2) is 0 Å². The summed E-state index contributed by atoms with van der Waals surface area (Å²) in [6.45, 7) is 7.41. The average Bonchev–Trinajstić information content (AvgIpc) is 3.13. The fourth-order valence-corrected chi connectivity index (χ4v) is 3.35. The van der Waals surface area contributed by atoms with Crippen LogP contribution in [0, 0.1) is 0 Å². The normalized spacial score (nSPS) is 12.6. The molecule has 0 saturated heterocycles. The summed E-state index contributed by atoms with van der Waals surface area (Å²) in [5.74, 6) is 2.45. The molecule has 0 aliphatic rings. The Kier molecular flexibility index (Phi) is 6.28. The van der Waals surface area contributed by atoms with Gasteiger partial charge in [0.1, 0.15) is 17.3 Å². The molecule has 3 rings (SSSR count). The van der Waals surface area contributed by atoms with Gasteiger partial charge in [-0.25, -0.2) is 4.98 Å². The van der Waals surface area contributed by atoms with Crippen molar-refractivity contribution < 1.29 is 9.47 Å². The maximum absolute atomic E-state index is 5.47. The number of imidazole rings is 1. The lowest BCUT2D eigenvalue weighted by molar-refractivity contribution is 0.392. The van der Waals surface area contributed by atoms with Crippen LogP contribution in [0.2, 0.25) is 0 Å². The van der Waals surface area contributed by atoms with E-state index in [0.29, 0.717) is 0 Å². The maximum atomic E-state index is 5.47. The Morgan fingerprint density at radius 1 is 1.00 bits per heavy atom. The molecule has 1 N–H and O–H groups in total. The summed E-state index contributed by atoms with van der Waals surface area (Å²) in [4.78, 5) is 4.58. The summed E-state index contributed by atoms with van der Waals surface area (Å²) in [6.07, 6.45) is 3.78. The van der Waals surface area contributed by atoms with Crippen LogP contribution in [0.15, 0.2) is 54.9 Å². The molecular weight excluding hydrogens is 362 g/mol. The minimum atomic E-state index is -0.0960. The zero-order valence-corrected chi connectivity index (χ0v) is 18.2. The third kappa shape index (κ3) is 4.98. The number of hydrogen-bond donors (Lipinski definition) is 1. The molecule has 154 valence electrons. The quantitative estimate of drug-likeness (QED) is 0.637. The summed E-state index contributed by atoms with van der Waals surface area (Å²) < 4.78 is 13.0. The van der Waals surface area contributed by atoms with Crippen LogP contribution >= 0.6 is 0 Å². The Morgan fingerprint density at radius 2 is 1.62 bits per heavy atom. The van der Waals surface area contributed by atoms with Crippen molar-refractivity contribution in [2.75, 3.05) is 14.2 Å². The minimum Gasteiger partial charge on any atom is -0.497 e. The number of ether oxygens (including phenoxy) is 2. The predicted molar refractivity (Wildman–Crippen MR) is 117 cm³/mol. The third-order valence-corrected chi connectivity index (χ3v) is 5.15. The van der Waals surface area contributed by atoms with Gasteiger partial charge in [-0.15, -0.1) is 0 Å². The van der Waals surface area contributed by atoms with E-state index in [-0.39, 0.29) is 11.5 Å². The van der Waals surface area contributed by atoms with E-state index in [2.05, 4.69) is 55.3 Å². The second-order valence-electron chi connectivity index (χ2n) is 8.30. The number of aryl methyl sites for hydroxylation is 1. The molecule has 5 heteroatoms. The van der Waals surface area contributed by atoms with Crippen molar-refractivity contribution in [3.05, 3.63) is 77.4 Å². The van der Waals surface area contributed by atoms with E-state index in [1.165, 1.54) is 11.1 Å². The standard InChI is InChI=1S/C24H31N3O2/c1-24(2,3)19-9-7-17(8-10-19)16-26-22(23-25-11-12-27(23)4)18-13-20(28-5)15-21(14-18)29-6/h7-15,22,26H,16H2,1-6H3. The zero-order chi connectivity index (χ0) is 21.0. The van der Waals surface area contributed by atoms with Crippen molar-refractivity contribution in [1.29, 1.82) is 0 Å². The third-order valence-electron chi connectivity index (χ3n) is 5.15. The SMILES string of the molecule is COc1cc(OC)cc(C(NCc2ccc(C(C)(C)C)cc2)c2nccn2C)c1. The fourth-order valence-electron chi connectivity index (χ4n) is 3.35. The van der Waals surface area contributed by atoms with Crippen molar-refractivity contribution in [2.45, 2.75) is 38.8 Å². The first-order valence-corrected chi connectivity index (χ1v) is 9.85. The van der Waals surface area contributed by atoms with Crippen molar-refractivity contribution in [3.63, 3.8) is 0 Å². The average molecular weight is 394 g/mol. The molecule has 0 saturated carbocycles. The lowest BCUT2D eigenvalue weighted by atomic mass is 9.87. The minimum absolute atomic E-state index is 0.0960. The number of aromatic nitrogens is 2. The van der Waals surface area contributed by atoms with Crippen LogP contribution in [0.4, 0.5) is 0 Å². The van der Waals surface area contributed by atoms with E-state index in [1.807, 2.05) is 42.2 Å². The van der Waals surface area contributed by atoms with Crippen molar-refractivity contribution in [2.24, 2.45) is 7.05 Å². The first-order chi connectivity index (χ1) is 13.8. The van der Waals surface area contributed by atoms with Crippen molar-refractivity contribution in [3.8, 4) is 11.5 Å². The van der Waals surface area contributed by atoms with Gasteiger partial charge in [-0.05, 0) is 34.2 Å². The number of nitrogens with one attached hydrogen (secondary N) is 1. The summed E-state index contributed by atoms with van der Waals surface area (Å²) in [7, 11) is 5.34. The van der Waals surface area contributed by atoms with Crippen LogP contribution in [-0.2, 0) is 19.0 Å². The second-order valence-corrected chi connectivity index (χ2v) is 8.30. The van der Waals surface area contributed by atoms with E-state index in [0.717, 1.165) is 29.4 Å². The van der Waals surface area contributed by atoms with Crippen LogP contribution in [0.5, 0.6) is 11.5 Å². The van der Waals surface area contributed by atoms with Crippen LogP contribution in [0.3, 0.4) is 0 Å². The van der Waals surface area contributed by atoms with Gasteiger partial charge in [0.25, 0.3) is 0 Å². The molecule has 0 fully saturated rings. The smallest absolute Gasteiger partial charge is 0.130 e. The second kappa shape index (κ2) is 8.70. The zero-order valence-electron chi connectivity index (χ0n) is 18.2. The van der Waals surface area contributed by atoms with Gasteiger partial charge in [-0.2, -0.15) is 0 Å². The monoisotopic (exact) mass is 393 g/mol. The van der Waals surface area contributed by atoms with Crippen LogP contribution in [0.1, 0.15) is 49.3 Å². The molecule has 2 aromatic carbocycles. The van der Waals surface area contributed by atoms with Gasteiger partial charge in [-0.3, -0.25) is 5.32 Å². The maximum Gasteiger partial charge on any atom is 0.130 e. The van der Waals surface area contributed by atoms with Gasteiger partial charge in [0.2, 0.25) is 0 Å². The molecule has 0 aliphatic carbocycles. The number of hydrogen-bond acceptors (Lipinski definition) is 4. The summed E-state index contributed by atoms with van der Waals surface area (Å²) >= 11 is 0. The fraction of sp³-hybridized carbons (Fsp3) is 0.375. The van der Waals surface area contributed by atoms with E-state index in [1.54, 1.807) is 14.2 Å². The Hall–Kier alpha value is -2.79. The van der Waals surface area contributed by atoms with Gasteiger partial charge in [0, 0.05) is 32.1 Å². The number of benzene rings is 2. The molecule has 1 atom stereocenters. The molecular formula is C24H31N3O2. The number of nitrogens with zero attached hydrogens (tertiary/aromatic N) is 2. The molecule has 1 aromatic heterocycles. The van der Waals surface area contributed by atoms with E-state index >= 15 is 0 Å². The molecule has 0 spiro atoms. The topological polar surface area (TPSA) is 48.3 Å². The van der Waals surface area contributed by atoms with Crippen LogP contribution in [-0.4, -0.2) is 23.8 Å². The summed E-state index contributed by atoms with van der Waals surface area (Å²) in [5, 5.41) is 3.66. The molecule has 5 nitrogen and oxygen atoms in total. The lowest BCUT2D eigenvalue weighted by Crippen LogP contribution is -2.25. The molecule has 3 aromatic rings. The lowest BCUT2D eigenvalue weighted by Gasteiger charge is -2.22. The van der Waals surface area contributed by atoms with E-state index in [4.69, 9.17) is 9.47 Å². The van der Waals surface area contributed by atoms with E-state index in [9.17, 15) is 0 Å². The Labute approximate surface area is 173 Å². The number of rotatable bonds is 7. The summed E-state index contributed by atoms with van der Waals surface area (Å²) in [5.41, 5.74) is 3.76. The van der Waals surface area contributed by atoms with Crippen molar-refractivity contribution in [1.82, 2.24) is 14.9 Å². The van der Waals surface area contributed by atoms with Gasteiger partial charge in [-0.1, -0.05) is 45.0 Å². The van der Waals surface area contributed by atoms with Gasteiger partial charge < -0.3 is 14.0 Å². The number of methoxy groups -OCH3 is 2.